The highest BCUT2D eigenvalue weighted by Crippen LogP contribution is 2.19. The van der Waals surface area contributed by atoms with Crippen molar-refractivity contribution in [3.63, 3.8) is 0 Å². The molecule has 32 heavy (non-hydrogen) atoms. The zero-order valence-corrected chi connectivity index (χ0v) is 21.2. The molecule has 8 heteroatoms. The van der Waals surface area contributed by atoms with Gasteiger partial charge in [-0.1, -0.05) is 30.3 Å². The minimum absolute atomic E-state index is 0. The Kier molecular flexibility index (Phi) is 10.6. The lowest BCUT2D eigenvalue weighted by molar-refractivity contribution is -0.123. The number of halogens is 1. The van der Waals surface area contributed by atoms with Crippen LogP contribution in [0.3, 0.4) is 0 Å². The summed E-state index contributed by atoms with van der Waals surface area (Å²) >= 11 is 0. The highest BCUT2D eigenvalue weighted by Gasteiger charge is 2.23. The number of aryl methyl sites for hydroxylation is 1. The molecule has 0 bridgehead atoms. The van der Waals surface area contributed by atoms with Gasteiger partial charge in [0.25, 0.3) is 5.91 Å². The molecule has 174 valence electrons. The van der Waals surface area contributed by atoms with Crippen LogP contribution >= 0.6 is 24.0 Å². The predicted octanol–water partition coefficient (Wildman–Crippen LogP) is 3.40. The molecule has 0 saturated heterocycles. The third-order valence-electron chi connectivity index (χ3n) is 4.87. The van der Waals surface area contributed by atoms with Crippen molar-refractivity contribution < 1.29 is 14.3 Å². The summed E-state index contributed by atoms with van der Waals surface area (Å²) < 4.78 is 11.6. The van der Waals surface area contributed by atoms with E-state index in [0.29, 0.717) is 30.8 Å². The van der Waals surface area contributed by atoms with Crippen molar-refractivity contribution in [3.05, 3.63) is 59.7 Å². The van der Waals surface area contributed by atoms with Gasteiger partial charge in [-0.3, -0.25) is 9.79 Å². The van der Waals surface area contributed by atoms with Gasteiger partial charge in [0.05, 0.1) is 6.54 Å². The first kappa shape index (κ1) is 25.8. The minimum atomic E-state index is -0.0716. The minimum Gasteiger partial charge on any atom is -0.489 e. The van der Waals surface area contributed by atoms with E-state index < -0.39 is 0 Å². The van der Waals surface area contributed by atoms with Crippen LogP contribution in [0.2, 0.25) is 0 Å². The van der Waals surface area contributed by atoms with E-state index in [4.69, 9.17) is 9.47 Å². The van der Waals surface area contributed by atoms with E-state index in [1.807, 2.05) is 62.4 Å². The van der Waals surface area contributed by atoms with Gasteiger partial charge >= 0.3 is 0 Å². The van der Waals surface area contributed by atoms with Crippen LogP contribution in [0.5, 0.6) is 11.5 Å². The molecule has 0 heterocycles. The zero-order valence-electron chi connectivity index (χ0n) is 18.9. The fraction of sp³-hybridized carbons (Fsp3) is 0.417. The Morgan fingerprint density at radius 2 is 1.94 bits per heavy atom. The van der Waals surface area contributed by atoms with E-state index >= 15 is 0 Å². The molecule has 0 aliphatic heterocycles. The number of ether oxygens (including phenoxy) is 2. The quantitative estimate of drug-likeness (QED) is 0.239. The summed E-state index contributed by atoms with van der Waals surface area (Å²) in [7, 11) is 1.74. The predicted molar refractivity (Wildman–Crippen MR) is 138 cm³/mol. The number of hydrogen-bond acceptors (Lipinski definition) is 4. The molecule has 1 atom stereocenters. The van der Waals surface area contributed by atoms with Crippen LogP contribution in [0.15, 0.2) is 53.5 Å². The Labute approximate surface area is 207 Å². The van der Waals surface area contributed by atoms with Gasteiger partial charge in [0.2, 0.25) is 0 Å². The van der Waals surface area contributed by atoms with E-state index in [1.165, 1.54) is 0 Å². The summed E-state index contributed by atoms with van der Waals surface area (Å²) in [5.74, 6) is 2.18. The van der Waals surface area contributed by atoms with Crippen LogP contribution < -0.4 is 25.4 Å². The lowest BCUT2D eigenvalue weighted by atomic mass is 10.2. The Bertz CT molecular complexity index is 902. The number of guanidine groups is 1. The van der Waals surface area contributed by atoms with Gasteiger partial charge in [0, 0.05) is 19.6 Å². The molecule has 1 aliphatic rings. The van der Waals surface area contributed by atoms with Crippen molar-refractivity contribution in [2.24, 2.45) is 4.99 Å². The van der Waals surface area contributed by atoms with Crippen LogP contribution in [0.4, 0.5) is 0 Å². The zero-order chi connectivity index (χ0) is 22.1. The van der Waals surface area contributed by atoms with Crippen molar-refractivity contribution in [3.8, 4) is 11.5 Å². The van der Waals surface area contributed by atoms with E-state index in [2.05, 4.69) is 20.9 Å². The second-order valence-corrected chi connectivity index (χ2v) is 7.78. The van der Waals surface area contributed by atoms with Crippen LogP contribution in [0.1, 0.15) is 30.9 Å². The lowest BCUT2D eigenvalue weighted by Crippen LogP contribution is -2.41. The van der Waals surface area contributed by atoms with Crippen LogP contribution in [-0.4, -0.2) is 44.2 Å². The molecule has 1 amide bonds. The van der Waals surface area contributed by atoms with Gasteiger partial charge < -0.3 is 25.4 Å². The highest BCUT2D eigenvalue weighted by molar-refractivity contribution is 14.0. The van der Waals surface area contributed by atoms with Crippen LogP contribution in [0, 0.1) is 6.92 Å². The number of amides is 1. The fourth-order valence-corrected chi connectivity index (χ4v) is 2.98. The topological polar surface area (TPSA) is 84.0 Å². The van der Waals surface area contributed by atoms with Gasteiger partial charge in [-0.2, -0.15) is 0 Å². The number of benzene rings is 2. The molecule has 2 aromatic carbocycles. The number of nitrogens with one attached hydrogen (secondary N) is 3. The smallest absolute Gasteiger partial charge is 0.258 e. The first-order valence-electron chi connectivity index (χ1n) is 10.7. The molecule has 0 aromatic heterocycles. The monoisotopic (exact) mass is 552 g/mol. The maximum absolute atomic E-state index is 11.8. The van der Waals surface area contributed by atoms with Crippen molar-refractivity contribution in [1.29, 1.82) is 0 Å². The Morgan fingerprint density at radius 3 is 2.66 bits per heavy atom. The first-order chi connectivity index (χ1) is 15.0. The summed E-state index contributed by atoms with van der Waals surface area (Å²) in [4.78, 5) is 16.1. The summed E-state index contributed by atoms with van der Waals surface area (Å²) in [5.41, 5.74) is 2.15. The largest absolute Gasteiger partial charge is 0.489 e. The Morgan fingerprint density at radius 1 is 1.16 bits per heavy atom. The maximum atomic E-state index is 11.8. The molecule has 2 aromatic rings. The normalized spacial score (nSPS) is 14.0. The van der Waals surface area contributed by atoms with Gasteiger partial charge in [-0.25, -0.2) is 0 Å². The number of carbonyl (C=O) groups is 1. The number of aliphatic imine (C=N–C) groups is 1. The van der Waals surface area contributed by atoms with E-state index in [0.717, 1.165) is 29.7 Å². The van der Waals surface area contributed by atoms with Crippen molar-refractivity contribution in [1.82, 2.24) is 16.0 Å². The number of nitrogens with zero attached hydrogens (tertiary/aromatic N) is 1. The Hall–Kier alpha value is -2.49. The third-order valence-corrected chi connectivity index (χ3v) is 4.87. The van der Waals surface area contributed by atoms with Crippen LogP contribution in [0.25, 0.3) is 0 Å². The summed E-state index contributed by atoms with van der Waals surface area (Å²) in [6, 6.07) is 16.0. The van der Waals surface area contributed by atoms with Gasteiger partial charge in [-0.15, -0.1) is 24.0 Å². The number of hydrogen-bond donors (Lipinski definition) is 3. The van der Waals surface area contributed by atoms with Crippen molar-refractivity contribution in [2.75, 3.05) is 20.2 Å². The summed E-state index contributed by atoms with van der Waals surface area (Å²) in [6.07, 6.45) is 2.12. The molecule has 3 N–H and O–H groups in total. The van der Waals surface area contributed by atoms with E-state index in [9.17, 15) is 4.79 Å². The summed E-state index contributed by atoms with van der Waals surface area (Å²) in [6.45, 7) is 5.29. The highest BCUT2D eigenvalue weighted by atomic mass is 127. The van der Waals surface area contributed by atoms with E-state index in [-0.39, 0.29) is 42.6 Å². The van der Waals surface area contributed by atoms with E-state index in [1.54, 1.807) is 7.05 Å². The van der Waals surface area contributed by atoms with Gasteiger partial charge in [0.15, 0.2) is 12.6 Å². The SMILES string of the molecule is CN=C(NCc1cccc(OCC(=O)NC2CC2)c1)NCC(C)Oc1ccccc1C.I. The van der Waals surface area contributed by atoms with Crippen molar-refractivity contribution in [2.45, 2.75) is 45.4 Å². The summed E-state index contributed by atoms with van der Waals surface area (Å²) in [5, 5.41) is 9.50. The Balaban J connectivity index is 0.00000363. The van der Waals surface area contributed by atoms with Crippen LogP contribution in [-0.2, 0) is 11.3 Å². The molecular formula is C24H33IN4O3. The second-order valence-electron chi connectivity index (χ2n) is 7.78. The molecule has 1 fully saturated rings. The molecule has 0 radical (unpaired) electrons. The van der Waals surface area contributed by atoms with Crippen molar-refractivity contribution >= 4 is 35.8 Å². The average molecular weight is 552 g/mol. The lowest BCUT2D eigenvalue weighted by Gasteiger charge is -2.19. The molecule has 0 spiro atoms. The molecule has 1 saturated carbocycles. The second kappa shape index (κ2) is 13.1. The van der Waals surface area contributed by atoms with Gasteiger partial charge in [-0.05, 0) is 56.0 Å². The molecule has 3 rings (SSSR count). The fourth-order valence-electron chi connectivity index (χ4n) is 2.98. The first-order valence-corrected chi connectivity index (χ1v) is 10.7. The number of para-hydroxylation sites is 1. The number of rotatable bonds is 10. The average Bonchev–Trinajstić information content (AvgIpc) is 3.58. The van der Waals surface area contributed by atoms with Gasteiger partial charge in [0.1, 0.15) is 17.6 Å². The molecule has 7 nitrogen and oxygen atoms in total. The molecule has 1 aliphatic carbocycles. The third kappa shape index (κ3) is 8.94. The number of carbonyl (C=O) groups excluding carboxylic acids is 1. The maximum Gasteiger partial charge on any atom is 0.258 e. The molecular weight excluding hydrogens is 519 g/mol. The standard InChI is InChI=1S/C24H32N4O3.HI/c1-17-7-4-5-10-22(17)31-18(2)14-26-24(25-3)27-15-19-8-6-9-21(13-19)30-16-23(29)28-20-11-12-20;/h4-10,13,18,20H,11-12,14-16H2,1-3H3,(H,28,29)(H2,25,26,27);1H. The molecule has 1 unspecified atom stereocenters.